The lowest BCUT2D eigenvalue weighted by atomic mass is 9.87. The molecule has 0 amide bonds. The molecule has 2 aromatic rings. The van der Waals surface area contributed by atoms with Gasteiger partial charge in [0.05, 0.1) is 27.6 Å². The fourth-order valence-electron chi connectivity index (χ4n) is 3.66. The highest BCUT2D eigenvalue weighted by Crippen LogP contribution is 2.36. The Hall–Kier alpha value is -1.14. The van der Waals surface area contributed by atoms with Crippen LogP contribution in [0.15, 0.2) is 24.4 Å². The van der Waals surface area contributed by atoms with Crippen LogP contribution in [0.1, 0.15) is 18.5 Å². The zero-order valence-corrected chi connectivity index (χ0v) is 14.3. The fraction of sp³-hybridized carbons (Fsp3) is 0.500. The summed E-state index contributed by atoms with van der Waals surface area (Å²) in [6.45, 7) is 5.45. The van der Waals surface area contributed by atoms with Gasteiger partial charge in [-0.25, -0.2) is 4.68 Å². The Labute approximate surface area is 145 Å². The number of nitrogens with one attached hydrogen (secondary N) is 1. The molecule has 2 aliphatic rings. The van der Waals surface area contributed by atoms with Gasteiger partial charge in [0.1, 0.15) is 0 Å². The Kier molecular flexibility index (Phi) is 4.05. The van der Waals surface area contributed by atoms with Gasteiger partial charge in [-0.05, 0) is 49.5 Å². The highest BCUT2D eigenvalue weighted by molar-refractivity contribution is 6.42. The van der Waals surface area contributed by atoms with E-state index >= 15 is 0 Å². The fourth-order valence-corrected chi connectivity index (χ4v) is 3.95. The first-order valence-electron chi connectivity index (χ1n) is 7.93. The van der Waals surface area contributed by atoms with E-state index in [1.165, 1.54) is 12.8 Å². The molecule has 0 radical (unpaired) electrons. The molecule has 5 nitrogen and oxygen atoms in total. The first kappa shape index (κ1) is 15.4. The van der Waals surface area contributed by atoms with Gasteiger partial charge in [-0.2, -0.15) is 0 Å². The molecular weight excluding hydrogens is 333 g/mol. The summed E-state index contributed by atoms with van der Waals surface area (Å²) in [7, 11) is 0. The summed E-state index contributed by atoms with van der Waals surface area (Å²) in [5.41, 5.74) is 2.34. The third kappa shape index (κ3) is 3.11. The maximum atomic E-state index is 6.07. The molecule has 1 unspecified atom stereocenters. The Morgan fingerprint density at radius 1 is 1.22 bits per heavy atom. The zero-order chi connectivity index (χ0) is 15.9. The number of halogens is 2. The van der Waals surface area contributed by atoms with Gasteiger partial charge in [-0.3, -0.25) is 4.90 Å². The van der Waals surface area contributed by atoms with E-state index in [9.17, 15) is 0 Å². The van der Waals surface area contributed by atoms with Crippen LogP contribution in [0.5, 0.6) is 0 Å². The maximum Gasteiger partial charge on any atom is 0.0971 e. The van der Waals surface area contributed by atoms with Crippen molar-refractivity contribution in [1.82, 2.24) is 25.2 Å². The number of nitrogens with zero attached hydrogens (tertiary/aromatic N) is 4. The van der Waals surface area contributed by atoms with Crippen LogP contribution in [-0.4, -0.2) is 46.1 Å². The second-order valence-electron chi connectivity index (χ2n) is 6.64. The Balaban J connectivity index is 1.45. The van der Waals surface area contributed by atoms with Crippen molar-refractivity contribution >= 4 is 23.2 Å². The van der Waals surface area contributed by atoms with Crippen molar-refractivity contribution in [2.45, 2.75) is 19.4 Å². The van der Waals surface area contributed by atoms with Gasteiger partial charge in [0.25, 0.3) is 0 Å². The summed E-state index contributed by atoms with van der Waals surface area (Å²) in [5, 5.41) is 13.1. The average molecular weight is 352 g/mol. The van der Waals surface area contributed by atoms with Gasteiger partial charge in [0, 0.05) is 19.6 Å². The van der Waals surface area contributed by atoms with Crippen LogP contribution < -0.4 is 5.32 Å². The molecule has 1 aromatic carbocycles. The van der Waals surface area contributed by atoms with Crippen molar-refractivity contribution in [2.75, 3.05) is 26.2 Å². The van der Waals surface area contributed by atoms with E-state index in [4.69, 9.17) is 23.2 Å². The van der Waals surface area contributed by atoms with Gasteiger partial charge in [0.2, 0.25) is 0 Å². The van der Waals surface area contributed by atoms with Crippen LogP contribution in [0.2, 0.25) is 10.0 Å². The molecule has 2 fully saturated rings. The smallest absolute Gasteiger partial charge is 0.0971 e. The minimum Gasteiger partial charge on any atom is -0.316 e. The molecule has 0 aliphatic carbocycles. The molecule has 4 rings (SSSR count). The molecule has 0 bridgehead atoms. The number of rotatable bonds is 3. The quantitative estimate of drug-likeness (QED) is 0.923. The molecule has 23 heavy (non-hydrogen) atoms. The predicted molar refractivity (Wildman–Crippen MR) is 91.2 cm³/mol. The first-order valence-corrected chi connectivity index (χ1v) is 8.69. The van der Waals surface area contributed by atoms with Crippen LogP contribution in [0.4, 0.5) is 0 Å². The molecule has 1 atom stereocenters. The third-order valence-corrected chi connectivity index (χ3v) is 5.68. The van der Waals surface area contributed by atoms with Gasteiger partial charge in [0.15, 0.2) is 0 Å². The number of hydrogen-bond acceptors (Lipinski definition) is 4. The largest absolute Gasteiger partial charge is 0.316 e. The van der Waals surface area contributed by atoms with Crippen LogP contribution in [0, 0.1) is 5.41 Å². The van der Waals surface area contributed by atoms with Crippen molar-refractivity contribution < 1.29 is 0 Å². The molecule has 2 aliphatic heterocycles. The van der Waals surface area contributed by atoms with Crippen molar-refractivity contribution in [3.8, 4) is 5.69 Å². The lowest BCUT2D eigenvalue weighted by Crippen LogP contribution is -2.29. The number of hydrogen-bond donors (Lipinski definition) is 1. The lowest BCUT2D eigenvalue weighted by molar-refractivity contribution is 0.266. The summed E-state index contributed by atoms with van der Waals surface area (Å²) in [5.74, 6) is 0. The first-order chi connectivity index (χ1) is 11.1. The van der Waals surface area contributed by atoms with E-state index in [2.05, 4.69) is 20.5 Å². The van der Waals surface area contributed by atoms with Crippen LogP contribution in [0.25, 0.3) is 5.69 Å². The van der Waals surface area contributed by atoms with E-state index < -0.39 is 0 Å². The second kappa shape index (κ2) is 6.06. The molecule has 1 aromatic heterocycles. The highest BCUT2D eigenvalue weighted by Gasteiger charge is 2.40. The van der Waals surface area contributed by atoms with Crippen molar-refractivity contribution in [3.63, 3.8) is 0 Å². The van der Waals surface area contributed by atoms with Crippen LogP contribution >= 0.6 is 23.2 Å². The molecule has 7 heteroatoms. The minimum atomic E-state index is 0.486. The van der Waals surface area contributed by atoms with Crippen LogP contribution in [0.3, 0.4) is 0 Å². The summed E-state index contributed by atoms with van der Waals surface area (Å²) < 4.78 is 1.75. The maximum absolute atomic E-state index is 6.07. The molecule has 122 valence electrons. The van der Waals surface area contributed by atoms with Gasteiger partial charge < -0.3 is 5.32 Å². The molecular formula is C16H19Cl2N5. The van der Waals surface area contributed by atoms with E-state index in [-0.39, 0.29) is 0 Å². The topological polar surface area (TPSA) is 46.0 Å². The standard InChI is InChI=1S/C16H19Cl2N5/c17-14-2-1-13(7-15(14)18)23-9-12(20-21-23)8-22-6-4-16(11-22)3-5-19-10-16/h1-2,7,9,19H,3-6,8,10-11H2. The van der Waals surface area contributed by atoms with Gasteiger partial charge in [-0.1, -0.05) is 28.4 Å². The summed E-state index contributed by atoms with van der Waals surface area (Å²) in [6.07, 6.45) is 4.54. The van der Waals surface area contributed by atoms with Crippen molar-refractivity contribution in [1.29, 1.82) is 0 Å². The van der Waals surface area contributed by atoms with E-state index in [1.54, 1.807) is 16.8 Å². The predicted octanol–water partition coefficient (Wildman–Crippen LogP) is 2.76. The summed E-state index contributed by atoms with van der Waals surface area (Å²) >= 11 is 12.0. The van der Waals surface area contributed by atoms with E-state index in [1.807, 2.05) is 12.3 Å². The Morgan fingerprint density at radius 3 is 2.91 bits per heavy atom. The van der Waals surface area contributed by atoms with Crippen molar-refractivity contribution in [3.05, 3.63) is 40.1 Å². The SMILES string of the molecule is Clc1ccc(-n2cc(CN3CCC4(CCNC4)C3)nn2)cc1Cl. The van der Waals surface area contributed by atoms with Crippen LogP contribution in [-0.2, 0) is 6.54 Å². The Morgan fingerprint density at radius 2 is 2.13 bits per heavy atom. The van der Waals surface area contributed by atoms with Crippen molar-refractivity contribution in [2.24, 2.45) is 5.41 Å². The second-order valence-corrected chi connectivity index (χ2v) is 7.45. The lowest BCUT2D eigenvalue weighted by Gasteiger charge is -2.22. The third-order valence-electron chi connectivity index (χ3n) is 4.94. The monoisotopic (exact) mass is 351 g/mol. The number of aromatic nitrogens is 3. The minimum absolute atomic E-state index is 0.486. The van der Waals surface area contributed by atoms with Gasteiger partial charge >= 0.3 is 0 Å². The molecule has 1 N–H and O–H groups in total. The van der Waals surface area contributed by atoms with E-state index in [0.717, 1.165) is 44.1 Å². The van der Waals surface area contributed by atoms with E-state index in [0.29, 0.717) is 15.5 Å². The molecule has 2 saturated heterocycles. The number of benzene rings is 1. The molecule has 0 saturated carbocycles. The summed E-state index contributed by atoms with van der Waals surface area (Å²) in [4.78, 5) is 2.48. The molecule has 1 spiro atoms. The molecule has 3 heterocycles. The normalized spacial score (nSPS) is 24.8. The highest BCUT2D eigenvalue weighted by atomic mass is 35.5. The summed E-state index contributed by atoms with van der Waals surface area (Å²) in [6, 6.07) is 5.47. The zero-order valence-electron chi connectivity index (χ0n) is 12.8. The van der Waals surface area contributed by atoms with Gasteiger partial charge in [-0.15, -0.1) is 5.10 Å². The number of likely N-dealkylation sites (tertiary alicyclic amines) is 1. The Bertz CT molecular complexity index is 708. The average Bonchev–Trinajstić information content (AvgIpc) is 3.26.